The quantitative estimate of drug-likeness (QED) is 0.180. The number of hydrogen-bond acceptors (Lipinski definition) is 5. The predicted molar refractivity (Wildman–Crippen MR) is 129 cm³/mol. The third-order valence-corrected chi connectivity index (χ3v) is 5.61. The largest absolute Gasteiger partial charge is 0.317 e. The molecule has 1 aromatic heterocycles. The van der Waals surface area contributed by atoms with Gasteiger partial charge >= 0.3 is 0 Å². The van der Waals surface area contributed by atoms with Crippen molar-refractivity contribution in [1.82, 2.24) is 9.47 Å². The van der Waals surface area contributed by atoms with E-state index in [0.29, 0.717) is 30.0 Å². The van der Waals surface area contributed by atoms with Crippen LogP contribution >= 0.6 is 12.2 Å². The van der Waals surface area contributed by atoms with Crippen molar-refractivity contribution >= 4 is 46.6 Å². The number of nitrogens with zero attached hydrogens (tertiary/aromatic N) is 4. The van der Waals surface area contributed by atoms with Crippen LogP contribution in [0.15, 0.2) is 78.5 Å². The molecule has 0 bridgehead atoms. The standard InChI is InChI=1S/C24H20N4O4S/c1-2-14-26-22(29)21(23(30)27(24(26)33)18-7-4-3-5-8-18)16-20-9-6-15-25(20)17-10-12-19(13-11-17)28(31)32/h3-13,15-16H,2,14H2,1H3/b21-16+. The SMILES string of the molecule is CCCN1C(=O)/C(=C\c2cccn2-c2ccc([N+](=O)[O-])cc2)C(=O)N(c2ccccc2)C1=S. The summed E-state index contributed by atoms with van der Waals surface area (Å²) >= 11 is 5.51. The Hall–Kier alpha value is -4.11. The molecule has 8 nitrogen and oxygen atoms in total. The average molecular weight is 461 g/mol. The van der Waals surface area contributed by atoms with Crippen LogP contribution in [-0.4, -0.2) is 37.9 Å². The van der Waals surface area contributed by atoms with Gasteiger partial charge in [-0.1, -0.05) is 25.1 Å². The number of hydrogen-bond donors (Lipinski definition) is 0. The van der Waals surface area contributed by atoms with Crippen molar-refractivity contribution in [1.29, 1.82) is 0 Å². The predicted octanol–water partition coefficient (Wildman–Crippen LogP) is 4.34. The molecule has 0 radical (unpaired) electrons. The van der Waals surface area contributed by atoms with Crippen molar-refractivity contribution in [2.24, 2.45) is 0 Å². The molecule has 1 fully saturated rings. The van der Waals surface area contributed by atoms with Crippen molar-refractivity contribution in [2.45, 2.75) is 13.3 Å². The summed E-state index contributed by atoms with van der Waals surface area (Å²) in [5.74, 6) is -0.949. The molecule has 0 N–H and O–H groups in total. The second-order valence-electron chi connectivity index (χ2n) is 7.35. The maximum absolute atomic E-state index is 13.4. The van der Waals surface area contributed by atoms with Crippen LogP contribution in [-0.2, 0) is 9.59 Å². The molecule has 166 valence electrons. The van der Waals surface area contributed by atoms with Crippen LogP contribution in [0.25, 0.3) is 11.8 Å². The van der Waals surface area contributed by atoms with Gasteiger partial charge in [-0.05, 0) is 61.1 Å². The Morgan fingerprint density at radius 3 is 2.27 bits per heavy atom. The van der Waals surface area contributed by atoms with Gasteiger partial charge in [0.1, 0.15) is 5.57 Å². The number of benzene rings is 2. The highest BCUT2D eigenvalue weighted by Gasteiger charge is 2.40. The van der Waals surface area contributed by atoms with E-state index in [1.165, 1.54) is 28.0 Å². The molecule has 2 amide bonds. The molecule has 3 aromatic rings. The van der Waals surface area contributed by atoms with Crippen molar-refractivity contribution in [3.05, 3.63) is 94.3 Å². The van der Waals surface area contributed by atoms with Gasteiger partial charge in [0.25, 0.3) is 17.5 Å². The van der Waals surface area contributed by atoms with E-state index in [-0.39, 0.29) is 16.4 Å². The first-order valence-electron chi connectivity index (χ1n) is 10.3. The number of rotatable bonds is 6. The third kappa shape index (κ3) is 4.18. The number of nitro groups is 1. The van der Waals surface area contributed by atoms with Gasteiger partial charge in [0, 0.05) is 36.3 Å². The van der Waals surface area contributed by atoms with Gasteiger partial charge in [-0.15, -0.1) is 0 Å². The highest BCUT2D eigenvalue weighted by molar-refractivity contribution is 7.80. The van der Waals surface area contributed by atoms with Gasteiger partial charge in [-0.3, -0.25) is 29.5 Å². The Morgan fingerprint density at radius 2 is 1.64 bits per heavy atom. The van der Waals surface area contributed by atoms with Crippen molar-refractivity contribution in [2.75, 3.05) is 11.4 Å². The fraction of sp³-hybridized carbons (Fsp3) is 0.125. The van der Waals surface area contributed by atoms with Crippen LogP contribution in [0.4, 0.5) is 11.4 Å². The minimum absolute atomic E-state index is 0.0113. The fourth-order valence-electron chi connectivity index (χ4n) is 3.63. The van der Waals surface area contributed by atoms with Gasteiger partial charge in [0.15, 0.2) is 5.11 Å². The number of carbonyl (C=O) groups excluding carboxylic acids is 2. The van der Waals surface area contributed by atoms with Crippen LogP contribution in [0.3, 0.4) is 0 Å². The Morgan fingerprint density at radius 1 is 0.939 bits per heavy atom. The number of aromatic nitrogens is 1. The van der Waals surface area contributed by atoms with Gasteiger partial charge in [0.05, 0.1) is 10.6 Å². The maximum atomic E-state index is 13.4. The first-order chi connectivity index (χ1) is 15.9. The Kier molecular flexibility index (Phi) is 6.14. The van der Waals surface area contributed by atoms with E-state index >= 15 is 0 Å². The highest BCUT2D eigenvalue weighted by Crippen LogP contribution is 2.27. The number of nitro benzene ring substituents is 1. The van der Waals surface area contributed by atoms with E-state index in [4.69, 9.17) is 12.2 Å². The summed E-state index contributed by atoms with van der Waals surface area (Å²) in [6.07, 6.45) is 3.97. The molecule has 2 heterocycles. The molecule has 33 heavy (non-hydrogen) atoms. The normalized spacial score (nSPS) is 15.4. The molecule has 0 aliphatic carbocycles. The van der Waals surface area contributed by atoms with E-state index in [1.807, 2.05) is 13.0 Å². The smallest absolute Gasteiger partial charge is 0.270 e. The van der Waals surface area contributed by atoms with E-state index in [1.54, 1.807) is 59.3 Å². The van der Waals surface area contributed by atoms with Gasteiger partial charge in [-0.25, -0.2) is 0 Å². The number of para-hydroxylation sites is 1. The summed E-state index contributed by atoms with van der Waals surface area (Å²) in [6, 6.07) is 18.5. The number of non-ortho nitro benzene ring substituents is 1. The Labute approximate surface area is 195 Å². The van der Waals surface area contributed by atoms with Crippen LogP contribution in [0.2, 0.25) is 0 Å². The van der Waals surface area contributed by atoms with E-state index in [9.17, 15) is 19.7 Å². The summed E-state index contributed by atoms with van der Waals surface area (Å²) in [6.45, 7) is 2.32. The minimum atomic E-state index is -0.500. The second-order valence-corrected chi connectivity index (χ2v) is 7.72. The Balaban J connectivity index is 1.77. The minimum Gasteiger partial charge on any atom is -0.317 e. The first-order valence-corrected chi connectivity index (χ1v) is 10.7. The lowest BCUT2D eigenvalue weighted by atomic mass is 10.1. The average Bonchev–Trinajstić information content (AvgIpc) is 3.28. The van der Waals surface area contributed by atoms with Crippen LogP contribution < -0.4 is 4.90 Å². The molecular formula is C24H20N4O4S. The highest BCUT2D eigenvalue weighted by atomic mass is 32.1. The summed E-state index contributed by atoms with van der Waals surface area (Å²) in [5.41, 5.74) is 1.79. The lowest BCUT2D eigenvalue weighted by Crippen LogP contribution is -2.56. The molecule has 0 atom stereocenters. The van der Waals surface area contributed by atoms with Gasteiger partial charge in [-0.2, -0.15) is 0 Å². The monoisotopic (exact) mass is 460 g/mol. The van der Waals surface area contributed by atoms with Gasteiger partial charge in [0.2, 0.25) is 0 Å². The topological polar surface area (TPSA) is 88.7 Å². The molecular weight excluding hydrogens is 440 g/mol. The summed E-state index contributed by atoms with van der Waals surface area (Å²) < 4.78 is 1.75. The van der Waals surface area contributed by atoms with Crippen molar-refractivity contribution in [3.8, 4) is 5.69 Å². The molecule has 0 spiro atoms. The van der Waals surface area contributed by atoms with Crippen LogP contribution in [0, 0.1) is 10.1 Å². The first kappa shape index (κ1) is 22.1. The molecule has 0 unspecified atom stereocenters. The zero-order valence-electron chi connectivity index (χ0n) is 17.7. The zero-order chi connectivity index (χ0) is 23.5. The van der Waals surface area contributed by atoms with Gasteiger partial charge < -0.3 is 4.57 Å². The molecule has 2 aromatic carbocycles. The third-order valence-electron chi connectivity index (χ3n) is 5.20. The zero-order valence-corrected chi connectivity index (χ0v) is 18.6. The van der Waals surface area contributed by atoms with E-state index < -0.39 is 16.7 Å². The number of thiocarbonyl (C=S) groups is 1. The van der Waals surface area contributed by atoms with Crippen molar-refractivity contribution < 1.29 is 14.5 Å². The number of amides is 2. The molecule has 9 heteroatoms. The summed E-state index contributed by atoms with van der Waals surface area (Å²) in [7, 11) is 0. The van der Waals surface area contributed by atoms with Crippen LogP contribution in [0.5, 0.6) is 0 Å². The molecule has 1 saturated heterocycles. The Bertz CT molecular complexity index is 1270. The van der Waals surface area contributed by atoms with Crippen molar-refractivity contribution in [3.63, 3.8) is 0 Å². The number of anilines is 1. The lowest BCUT2D eigenvalue weighted by molar-refractivity contribution is -0.384. The van der Waals surface area contributed by atoms with E-state index in [2.05, 4.69) is 0 Å². The molecule has 4 rings (SSSR count). The number of carbonyl (C=O) groups is 2. The molecule has 1 aliphatic rings. The summed E-state index contributed by atoms with van der Waals surface area (Å²) in [4.78, 5) is 40.0. The second kappa shape index (κ2) is 9.17. The lowest BCUT2D eigenvalue weighted by Gasteiger charge is -2.36. The molecule has 0 saturated carbocycles. The van der Waals surface area contributed by atoms with E-state index in [0.717, 1.165) is 0 Å². The maximum Gasteiger partial charge on any atom is 0.270 e. The molecule has 1 aliphatic heterocycles. The summed E-state index contributed by atoms with van der Waals surface area (Å²) in [5, 5.41) is 11.1. The fourth-order valence-corrected chi connectivity index (χ4v) is 3.99. The van der Waals surface area contributed by atoms with Crippen LogP contribution in [0.1, 0.15) is 19.0 Å².